The van der Waals surface area contributed by atoms with Gasteiger partial charge >= 0.3 is 0 Å². The number of imidazole rings is 1. The van der Waals surface area contributed by atoms with Gasteiger partial charge in [-0.05, 0) is 35.0 Å². The molecule has 3 heterocycles. The summed E-state index contributed by atoms with van der Waals surface area (Å²) in [4.78, 5) is 4.64. The van der Waals surface area contributed by atoms with E-state index in [2.05, 4.69) is 30.4 Å². The fourth-order valence-electron chi connectivity index (χ4n) is 2.13. The first-order valence-corrected chi connectivity index (χ1v) is 6.86. The highest BCUT2D eigenvalue weighted by Gasteiger charge is 2.15. The second kappa shape index (κ2) is 4.79. The summed E-state index contributed by atoms with van der Waals surface area (Å²) in [5, 5.41) is 4.30. The van der Waals surface area contributed by atoms with Gasteiger partial charge in [0.05, 0.1) is 16.4 Å². The zero-order valence-electron chi connectivity index (χ0n) is 10.5. The maximum Gasteiger partial charge on any atom is 0.175 e. The van der Waals surface area contributed by atoms with Gasteiger partial charge in [0.1, 0.15) is 5.65 Å². The molecule has 19 heavy (non-hydrogen) atoms. The first-order chi connectivity index (χ1) is 9.15. The van der Waals surface area contributed by atoms with Gasteiger partial charge in [-0.2, -0.15) is 5.10 Å². The van der Waals surface area contributed by atoms with Crippen LogP contribution in [0.15, 0.2) is 41.3 Å². The first kappa shape index (κ1) is 12.4. The van der Waals surface area contributed by atoms with Gasteiger partial charge in [0.15, 0.2) is 5.82 Å². The van der Waals surface area contributed by atoms with Crippen LogP contribution in [0.2, 0.25) is 0 Å². The summed E-state index contributed by atoms with van der Waals surface area (Å²) in [5.74, 6) is 0.828. The lowest BCUT2D eigenvalue weighted by molar-refractivity contribution is 0.705. The lowest BCUT2D eigenvalue weighted by Gasteiger charge is -2.07. The van der Waals surface area contributed by atoms with E-state index in [1.807, 2.05) is 37.5 Å². The largest absolute Gasteiger partial charge is 0.328 e. The molecule has 0 aliphatic carbocycles. The molecule has 0 radical (unpaired) electrons. The lowest BCUT2D eigenvalue weighted by atomic mass is 10.2. The second-order valence-electron chi connectivity index (χ2n) is 4.60. The van der Waals surface area contributed by atoms with E-state index in [9.17, 15) is 0 Å². The monoisotopic (exact) mass is 319 g/mol. The molecule has 3 aromatic heterocycles. The standard InChI is InChI=1S/C13H14BrN5/c1-9(15)6-11-13(19-8-10(14)7-16-19)17-12-4-2-3-5-18(11)12/h2-5,7-9H,6,15H2,1H3. The van der Waals surface area contributed by atoms with Crippen molar-refractivity contribution in [3.05, 3.63) is 47.0 Å². The van der Waals surface area contributed by atoms with Gasteiger partial charge < -0.3 is 10.1 Å². The maximum absolute atomic E-state index is 5.95. The Balaban J connectivity index is 2.22. The molecule has 0 saturated heterocycles. The normalized spacial score (nSPS) is 13.0. The Kier molecular flexibility index (Phi) is 3.12. The highest BCUT2D eigenvalue weighted by atomic mass is 79.9. The van der Waals surface area contributed by atoms with Crippen molar-refractivity contribution in [1.82, 2.24) is 19.2 Å². The Morgan fingerprint density at radius 3 is 2.95 bits per heavy atom. The van der Waals surface area contributed by atoms with Gasteiger partial charge in [-0.3, -0.25) is 0 Å². The van der Waals surface area contributed by atoms with Gasteiger partial charge in [0, 0.05) is 24.9 Å². The molecule has 6 heteroatoms. The Labute approximate surface area is 119 Å². The van der Waals surface area contributed by atoms with Crippen LogP contribution in [0.3, 0.4) is 0 Å². The van der Waals surface area contributed by atoms with Crippen molar-refractivity contribution in [3.8, 4) is 5.82 Å². The topological polar surface area (TPSA) is 61.1 Å². The minimum Gasteiger partial charge on any atom is -0.328 e. The molecule has 2 N–H and O–H groups in total. The third-order valence-corrected chi connectivity index (χ3v) is 3.30. The summed E-state index contributed by atoms with van der Waals surface area (Å²) in [6.45, 7) is 1.99. The smallest absolute Gasteiger partial charge is 0.175 e. The van der Waals surface area contributed by atoms with Crippen LogP contribution < -0.4 is 5.73 Å². The van der Waals surface area contributed by atoms with E-state index in [0.29, 0.717) is 0 Å². The number of hydrogen-bond donors (Lipinski definition) is 1. The van der Waals surface area contributed by atoms with E-state index in [-0.39, 0.29) is 6.04 Å². The van der Waals surface area contributed by atoms with Crippen molar-refractivity contribution >= 4 is 21.6 Å². The molecule has 0 amide bonds. The summed E-state index contributed by atoms with van der Waals surface area (Å²) in [6.07, 6.45) is 6.40. The van der Waals surface area contributed by atoms with Gasteiger partial charge in [-0.1, -0.05) is 6.07 Å². The van der Waals surface area contributed by atoms with Crippen LogP contribution in [0.25, 0.3) is 11.5 Å². The van der Waals surface area contributed by atoms with Crippen molar-refractivity contribution in [2.45, 2.75) is 19.4 Å². The number of halogens is 1. The van der Waals surface area contributed by atoms with Crippen LogP contribution >= 0.6 is 15.9 Å². The fraction of sp³-hybridized carbons (Fsp3) is 0.231. The molecule has 0 saturated carbocycles. The summed E-state index contributed by atoms with van der Waals surface area (Å²) in [7, 11) is 0. The van der Waals surface area contributed by atoms with Crippen molar-refractivity contribution < 1.29 is 0 Å². The number of fused-ring (bicyclic) bond motifs is 1. The quantitative estimate of drug-likeness (QED) is 0.804. The molecule has 5 nitrogen and oxygen atoms in total. The van der Waals surface area contributed by atoms with Gasteiger partial charge in [0.25, 0.3) is 0 Å². The van der Waals surface area contributed by atoms with Crippen molar-refractivity contribution in [2.24, 2.45) is 5.73 Å². The Hall–Kier alpha value is -1.66. The SMILES string of the molecule is CC(N)Cc1c(-n2cc(Br)cn2)nc2ccccn12. The van der Waals surface area contributed by atoms with Crippen LogP contribution in [-0.2, 0) is 6.42 Å². The zero-order chi connectivity index (χ0) is 13.4. The van der Waals surface area contributed by atoms with E-state index in [4.69, 9.17) is 5.73 Å². The molecule has 0 aromatic carbocycles. The molecule has 0 bridgehead atoms. The zero-order valence-corrected chi connectivity index (χ0v) is 12.1. The predicted octanol–water partition coefficient (Wildman–Crippen LogP) is 2.17. The average Bonchev–Trinajstić information content (AvgIpc) is 2.94. The Morgan fingerprint density at radius 1 is 1.42 bits per heavy atom. The second-order valence-corrected chi connectivity index (χ2v) is 5.51. The molecular weight excluding hydrogens is 306 g/mol. The highest BCUT2D eigenvalue weighted by Crippen LogP contribution is 2.19. The highest BCUT2D eigenvalue weighted by molar-refractivity contribution is 9.10. The van der Waals surface area contributed by atoms with Crippen LogP contribution in [0.5, 0.6) is 0 Å². The van der Waals surface area contributed by atoms with Crippen molar-refractivity contribution in [3.63, 3.8) is 0 Å². The van der Waals surface area contributed by atoms with Crippen molar-refractivity contribution in [2.75, 3.05) is 0 Å². The number of nitrogens with zero attached hydrogens (tertiary/aromatic N) is 4. The van der Waals surface area contributed by atoms with Gasteiger partial charge in [-0.15, -0.1) is 0 Å². The van der Waals surface area contributed by atoms with Crippen LogP contribution in [0.4, 0.5) is 0 Å². The molecule has 1 unspecified atom stereocenters. The third kappa shape index (κ3) is 2.29. The minimum absolute atomic E-state index is 0.0675. The summed E-state index contributed by atoms with van der Waals surface area (Å²) in [6, 6.07) is 6.01. The molecule has 3 rings (SSSR count). The predicted molar refractivity (Wildman–Crippen MR) is 77.4 cm³/mol. The van der Waals surface area contributed by atoms with E-state index >= 15 is 0 Å². The molecule has 0 spiro atoms. The number of rotatable bonds is 3. The summed E-state index contributed by atoms with van der Waals surface area (Å²) >= 11 is 3.41. The van der Waals surface area contributed by atoms with Crippen molar-refractivity contribution in [1.29, 1.82) is 0 Å². The van der Waals surface area contributed by atoms with E-state index in [1.54, 1.807) is 10.9 Å². The average molecular weight is 320 g/mol. The summed E-state index contributed by atoms with van der Waals surface area (Å²) < 4.78 is 4.76. The summed E-state index contributed by atoms with van der Waals surface area (Å²) in [5.41, 5.74) is 7.92. The maximum atomic E-state index is 5.95. The Bertz CT molecular complexity index is 713. The van der Waals surface area contributed by atoms with Crippen LogP contribution in [0.1, 0.15) is 12.6 Å². The molecule has 0 fully saturated rings. The molecule has 3 aromatic rings. The Morgan fingerprint density at radius 2 is 2.26 bits per heavy atom. The van der Waals surface area contributed by atoms with Crippen LogP contribution in [-0.4, -0.2) is 25.2 Å². The lowest BCUT2D eigenvalue weighted by Crippen LogP contribution is -2.20. The third-order valence-electron chi connectivity index (χ3n) is 2.89. The number of nitrogens with two attached hydrogens (primary N) is 1. The molecule has 0 aliphatic rings. The van der Waals surface area contributed by atoms with Crippen LogP contribution in [0, 0.1) is 0 Å². The number of hydrogen-bond acceptors (Lipinski definition) is 3. The fourth-order valence-corrected chi connectivity index (χ4v) is 2.41. The minimum atomic E-state index is 0.0675. The van der Waals surface area contributed by atoms with E-state index in [1.165, 1.54) is 0 Å². The van der Waals surface area contributed by atoms with E-state index < -0.39 is 0 Å². The molecule has 1 atom stereocenters. The van der Waals surface area contributed by atoms with Gasteiger partial charge in [0.2, 0.25) is 0 Å². The van der Waals surface area contributed by atoms with E-state index in [0.717, 1.165) is 28.1 Å². The molecule has 0 aliphatic heterocycles. The van der Waals surface area contributed by atoms with Gasteiger partial charge in [-0.25, -0.2) is 9.67 Å². The number of aromatic nitrogens is 4. The number of pyridine rings is 1. The first-order valence-electron chi connectivity index (χ1n) is 6.07. The molecule has 98 valence electrons. The molecular formula is C13H14BrN5.